The van der Waals surface area contributed by atoms with E-state index < -0.39 is 25.8 Å². The highest BCUT2D eigenvalue weighted by atomic mass is 31.2. The molecule has 1 atom stereocenters. The van der Waals surface area contributed by atoms with Crippen molar-refractivity contribution in [2.24, 2.45) is 7.05 Å². The van der Waals surface area contributed by atoms with Gasteiger partial charge in [0.15, 0.2) is 0 Å². The highest BCUT2D eigenvalue weighted by molar-refractivity contribution is 7.48. The van der Waals surface area contributed by atoms with Crippen molar-refractivity contribution in [3.63, 3.8) is 0 Å². The van der Waals surface area contributed by atoms with Gasteiger partial charge in [-0.25, -0.2) is 25.5 Å². The summed E-state index contributed by atoms with van der Waals surface area (Å²) < 4.78 is 45.6. The third-order valence-corrected chi connectivity index (χ3v) is 5.78. The Morgan fingerprint density at radius 2 is 2.06 bits per heavy atom. The van der Waals surface area contributed by atoms with Gasteiger partial charge in [0, 0.05) is 17.3 Å². The molecule has 2 aromatic heterocycles. The first kappa shape index (κ1) is 22.8. The maximum Gasteiger partial charge on any atom is 0.567 e. The molecule has 1 unspecified atom stereocenters. The van der Waals surface area contributed by atoms with Crippen LogP contribution in [0, 0.1) is 5.82 Å². The molecule has 6 N–H and O–H groups in total. The number of aryl methyl sites for hydroxylation is 1. The van der Waals surface area contributed by atoms with Gasteiger partial charge < -0.3 is 4.74 Å². The number of benzene rings is 1. The molecule has 1 fully saturated rings. The smallest absolute Gasteiger partial charge is 0.441 e. The summed E-state index contributed by atoms with van der Waals surface area (Å²) in [5.41, 5.74) is 1.59. The second kappa shape index (κ2) is 9.27. The van der Waals surface area contributed by atoms with Gasteiger partial charge in [0.25, 0.3) is 0 Å². The molecule has 3 aromatic rings. The maximum atomic E-state index is 14.9. The SMILES string of the molecule is Cn1nnc(-c2ccc(-c3ccc(N4CC(COP(=O)(O[NH3+])O[NH3+])OC4=O)cc3F)cn2)n1. The Kier molecular flexibility index (Phi) is 6.42. The number of hydrogen-bond acceptors (Lipinski definition) is 10. The van der Waals surface area contributed by atoms with Gasteiger partial charge in [-0.05, 0) is 29.5 Å². The van der Waals surface area contributed by atoms with Crippen molar-refractivity contribution in [1.29, 1.82) is 0 Å². The third-order valence-electron chi connectivity index (χ3n) is 4.69. The number of anilines is 1. The van der Waals surface area contributed by atoms with Crippen LogP contribution in [0.2, 0.25) is 0 Å². The van der Waals surface area contributed by atoms with Crippen molar-refractivity contribution >= 4 is 19.6 Å². The topological polar surface area (TPSA) is 186 Å². The van der Waals surface area contributed by atoms with Gasteiger partial charge in [-0.3, -0.25) is 14.4 Å². The molecule has 1 aromatic carbocycles. The summed E-state index contributed by atoms with van der Waals surface area (Å²) in [6.45, 7) is -0.253. The zero-order valence-corrected chi connectivity index (χ0v) is 18.2. The predicted octanol–water partition coefficient (Wildman–Crippen LogP) is -0.125. The van der Waals surface area contributed by atoms with Crippen LogP contribution in [-0.4, -0.2) is 50.5 Å². The summed E-state index contributed by atoms with van der Waals surface area (Å²) in [5.74, 6) is 5.77. The number of halogens is 1. The van der Waals surface area contributed by atoms with Crippen LogP contribution in [0.25, 0.3) is 22.6 Å². The summed E-state index contributed by atoms with van der Waals surface area (Å²) >= 11 is 0. The number of cyclic esters (lactones) is 1. The summed E-state index contributed by atoms with van der Waals surface area (Å²) in [6.07, 6.45) is -0.000955. The van der Waals surface area contributed by atoms with Gasteiger partial charge in [0.1, 0.15) is 17.6 Å². The number of amides is 1. The Labute approximate surface area is 185 Å². The van der Waals surface area contributed by atoms with Crippen LogP contribution < -0.4 is 16.7 Å². The molecule has 16 heteroatoms. The van der Waals surface area contributed by atoms with Crippen molar-refractivity contribution in [3.05, 3.63) is 42.3 Å². The first-order valence-corrected chi connectivity index (χ1v) is 10.9. The van der Waals surface area contributed by atoms with Crippen molar-refractivity contribution in [2.45, 2.75) is 6.10 Å². The summed E-state index contributed by atoms with van der Waals surface area (Å²) in [6, 6.07) is 7.65. The van der Waals surface area contributed by atoms with E-state index in [9.17, 15) is 13.8 Å². The van der Waals surface area contributed by atoms with E-state index in [-0.39, 0.29) is 18.8 Å². The summed E-state index contributed by atoms with van der Waals surface area (Å²) in [7, 11) is -2.29. The standard InChI is InChI=1S/C17H20FN8O6P/c1-25-23-16(22-24-25)15-5-2-10(7-21-15)13-4-3-11(6-14(13)18)26-8-12(30-17(26)27)9-29-33(28,31-19)32-20/h2-7,12H,8-9H2,1,19-20H3/q+2. The molecular formula is C17H20FN8O6P+2. The van der Waals surface area contributed by atoms with Crippen molar-refractivity contribution in [2.75, 3.05) is 18.1 Å². The van der Waals surface area contributed by atoms with Crippen LogP contribution in [0.3, 0.4) is 0 Å². The zero-order valence-electron chi connectivity index (χ0n) is 17.3. The van der Waals surface area contributed by atoms with E-state index in [0.717, 1.165) is 0 Å². The molecule has 1 aliphatic rings. The minimum Gasteiger partial charge on any atom is -0.441 e. The fourth-order valence-electron chi connectivity index (χ4n) is 3.08. The van der Waals surface area contributed by atoms with Gasteiger partial charge >= 0.3 is 13.9 Å². The van der Waals surface area contributed by atoms with Crippen LogP contribution in [0.5, 0.6) is 0 Å². The molecule has 1 saturated heterocycles. The van der Waals surface area contributed by atoms with Gasteiger partial charge in [-0.1, -0.05) is 15.3 Å². The monoisotopic (exact) mass is 482 g/mol. The highest BCUT2D eigenvalue weighted by Gasteiger charge is 2.37. The number of carbonyl (C=O) groups is 1. The Bertz CT molecular complexity index is 1200. The van der Waals surface area contributed by atoms with Gasteiger partial charge in [-0.15, -0.1) is 10.2 Å². The first-order valence-electron chi connectivity index (χ1n) is 9.42. The quantitative estimate of drug-likeness (QED) is 0.324. The second-order valence-corrected chi connectivity index (χ2v) is 8.49. The lowest BCUT2D eigenvalue weighted by Crippen LogP contribution is -2.53. The van der Waals surface area contributed by atoms with E-state index in [1.165, 1.54) is 28.0 Å². The molecule has 0 radical (unpaired) electrons. The Morgan fingerprint density at radius 1 is 1.27 bits per heavy atom. The average molecular weight is 482 g/mol. The molecule has 33 heavy (non-hydrogen) atoms. The van der Waals surface area contributed by atoms with E-state index in [1.54, 1.807) is 25.2 Å². The number of tetrazole rings is 1. The Balaban J connectivity index is 1.46. The second-order valence-electron chi connectivity index (χ2n) is 6.82. The molecule has 4 rings (SSSR count). The van der Waals surface area contributed by atoms with Crippen molar-refractivity contribution < 1.29 is 44.1 Å². The minimum atomic E-state index is -3.93. The molecule has 0 saturated carbocycles. The van der Waals surface area contributed by atoms with Crippen LogP contribution in [0.4, 0.5) is 14.9 Å². The number of nitrogens with zero attached hydrogens (tertiary/aromatic N) is 6. The molecule has 0 aliphatic carbocycles. The predicted molar refractivity (Wildman–Crippen MR) is 107 cm³/mol. The van der Waals surface area contributed by atoms with Crippen LogP contribution in [0.1, 0.15) is 0 Å². The highest BCUT2D eigenvalue weighted by Crippen LogP contribution is 2.44. The third kappa shape index (κ3) is 4.88. The van der Waals surface area contributed by atoms with E-state index in [2.05, 4.69) is 41.4 Å². The number of aromatic nitrogens is 5. The molecular weight excluding hydrogens is 462 g/mol. The fraction of sp³-hybridized carbons (Fsp3) is 0.235. The lowest BCUT2D eigenvalue weighted by Gasteiger charge is -2.14. The fourth-order valence-corrected chi connectivity index (χ4v) is 3.66. The van der Waals surface area contributed by atoms with E-state index >= 15 is 0 Å². The summed E-state index contributed by atoms with van der Waals surface area (Å²) in [5, 5.41) is 11.7. The largest absolute Gasteiger partial charge is 0.567 e. The Morgan fingerprint density at radius 3 is 2.67 bits per heavy atom. The number of hydrogen-bond donors (Lipinski definition) is 2. The van der Waals surface area contributed by atoms with Gasteiger partial charge in [0.2, 0.25) is 5.82 Å². The number of carbonyl (C=O) groups excluding carboxylic acids is 1. The van der Waals surface area contributed by atoms with E-state index in [0.29, 0.717) is 22.6 Å². The van der Waals surface area contributed by atoms with E-state index in [1.807, 2.05) is 0 Å². The van der Waals surface area contributed by atoms with Crippen LogP contribution in [0.15, 0.2) is 36.5 Å². The molecule has 1 aliphatic heterocycles. The van der Waals surface area contributed by atoms with Crippen LogP contribution in [-0.2, 0) is 30.1 Å². The minimum absolute atomic E-state index is 0.0350. The van der Waals surface area contributed by atoms with Gasteiger partial charge in [0.05, 0.1) is 25.9 Å². The first-order chi connectivity index (χ1) is 15.8. The summed E-state index contributed by atoms with van der Waals surface area (Å²) in [4.78, 5) is 19.0. The maximum absolute atomic E-state index is 14.9. The number of ether oxygens (including phenoxy) is 1. The van der Waals surface area contributed by atoms with Crippen molar-refractivity contribution in [1.82, 2.24) is 25.2 Å². The molecule has 0 spiro atoms. The normalized spacial score (nSPS) is 16.3. The number of rotatable bonds is 8. The average Bonchev–Trinajstić information content (AvgIpc) is 3.43. The molecule has 174 valence electrons. The molecule has 0 bridgehead atoms. The lowest BCUT2D eigenvalue weighted by atomic mass is 10.1. The van der Waals surface area contributed by atoms with Crippen LogP contribution >= 0.6 is 7.82 Å². The molecule has 3 heterocycles. The molecule has 14 nitrogen and oxygen atoms in total. The molecule has 1 amide bonds. The van der Waals surface area contributed by atoms with Crippen molar-refractivity contribution in [3.8, 4) is 22.6 Å². The van der Waals surface area contributed by atoms with Gasteiger partial charge in [-0.2, -0.15) is 4.80 Å². The number of phosphoric acid groups is 1. The Hall–Kier alpha value is -3.33. The lowest BCUT2D eigenvalue weighted by molar-refractivity contribution is -0.683. The number of quaternary nitrogens is 2. The van der Waals surface area contributed by atoms with E-state index in [4.69, 9.17) is 9.26 Å². The number of pyridine rings is 1. The zero-order chi connectivity index (χ0) is 23.6.